The molecule has 0 saturated heterocycles. The molecule has 0 saturated carbocycles. The Labute approximate surface area is 110 Å². The summed E-state index contributed by atoms with van der Waals surface area (Å²) in [5.74, 6) is 0.231. The summed E-state index contributed by atoms with van der Waals surface area (Å²) in [5.41, 5.74) is 2.40. The van der Waals surface area contributed by atoms with Gasteiger partial charge in [-0.2, -0.15) is 0 Å². The lowest BCUT2D eigenvalue weighted by atomic mass is 10.0. The first kappa shape index (κ1) is 14.7. The number of nitrogens with zero attached hydrogens (tertiary/aromatic N) is 1. The summed E-state index contributed by atoms with van der Waals surface area (Å²) >= 11 is 0. The first-order valence-corrected chi connectivity index (χ1v) is 6.48. The molecule has 0 radical (unpaired) electrons. The number of rotatable bonds is 6. The molecule has 0 spiro atoms. The van der Waals surface area contributed by atoms with Crippen LogP contribution in [0.3, 0.4) is 0 Å². The van der Waals surface area contributed by atoms with Crippen LogP contribution in [-0.4, -0.2) is 31.3 Å². The molecule has 0 amide bonds. The molecular weight excluding hydrogens is 222 g/mol. The fourth-order valence-electron chi connectivity index (χ4n) is 1.84. The highest BCUT2D eigenvalue weighted by molar-refractivity contribution is 5.95. The largest absolute Gasteiger partial charge is 0.309 e. The van der Waals surface area contributed by atoms with E-state index >= 15 is 0 Å². The van der Waals surface area contributed by atoms with Gasteiger partial charge in [0.25, 0.3) is 0 Å². The van der Waals surface area contributed by atoms with Gasteiger partial charge in [0.05, 0.1) is 0 Å². The minimum absolute atomic E-state index is 0.0474. The van der Waals surface area contributed by atoms with Crippen molar-refractivity contribution in [1.29, 1.82) is 0 Å². The lowest BCUT2D eigenvalue weighted by Gasteiger charge is -2.13. The number of carbonyl (C=O) groups excluding carboxylic acids is 1. The van der Waals surface area contributed by atoms with E-state index < -0.39 is 0 Å². The highest BCUT2D eigenvalue weighted by atomic mass is 16.1. The predicted octanol–water partition coefficient (Wildman–Crippen LogP) is 3.03. The molecule has 0 N–H and O–H groups in total. The number of allylic oxidation sites excluding steroid dienone is 1. The van der Waals surface area contributed by atoms with E-state index in [1.165, 1.54) is 5.56 Å². The van der Waals surface area contributed by atoms with Gasteiger partial charge in [0.15, 0.2) is 5.78 Å². The van der Waals surface area contributed by atoms with Crippen LogP contribution in [0.1, 0.15) is 25.0 Å². The molecule has 1 aromatic rings. The van der Waals surface area contributed by atoms with Crippen molar-refractivity contribution in [2.45, 2.75) is 20.3 Å². The maximum atomic E-state index is 11.9. The van der Waals surface area contributed by atoms with E-state index in [2.05, 4.69) is 31.2 Å². The Morgan fingerprint density at radius 3 is 2.39 bits per heavy atom. The number of ketones is 1. The highest BCUT2D eigenvalue weighted by Gasteiger charge is 2.10. The van der Waals surface area contributed by atoms with Crippen molar-refractivity contribution in [3.63, 3.8) is 0 Å². The van der Waals surface area contributed by atoms with Crippen LogP contribution in [0.2, 0.25) is 0 Å². The van der Waals surface area contributed by atoms with Crippen LogP contribution in [0.5, 0.6) is 0 Å². The highest BCUT2D eigenvalue weighted by Crippen LogP contribution is 2.08. The summed E-state index contributed by atoms with van der Waals surface area (Å²) in [5, 5.41) is 0. The van der Waals surface area contributed by atoms with E-state index in [9.17, 15) is 4.79 Å². The maximum Gasteiger partial charge on any atom is 0.159 e. The van der Waals surface area contributed by atoms with Crippen molar-refractivity contribution >= 4 is 11.9 Å². The molecule has 0 fully saturated rings. The zero-order chi connectivity index (χ0) is 13.5. The first-order chi connectivity index (χ1) is 8.52. The average Bonchev–Trinajstić information content (AvgIpc) is 2.35. The summed E-state index contributed by atoms with van der Waals surface area (Å²) in [7, 11) is 3.97. The molecule has 0 heterocycles. The standard InChI is InChI=1S/C16H23NO/c1-5-14-6-8-15(9-7-14)10-11-16(18)13(2)12-17(3)4/h6-11,13H,5,12H2,1-4H3/b11-10+/t13-/m0/s1. The zero-order valence-electron chi connectivity index (χ0n) is 11.8. The van der Waals surface area contributed by atoms with E-state index in [1.807, 2.05) is 32.0 Å². The fourth-order valence-corrected chi connectivity index (χ4v) is 1.84. The normalized spacial score (nSPS) is 13.2. The van der Waals surface area contributed by atoms with Crippen molar-refractivity contribution in [2.75, 3.05) is 20.6 Å². The van der Waals surface area contributed by atoms with E-state index in [0.717, 1.165) is 18.5 Å². The van der Waals surface area contributed by atoms with Gasteiger partial charge in [-0.15, -0.1) is 0 Å². The molecule has 98 valence electrons. The second-order valence-electron chi connectivity index (χ2n) is 4.99. The van der Waals surface area contributed by atoms with Crippen LogP contribution in [0.25, 0.3) is 6.08 Å². The first-order valence-electron chi connectivity index (χ1n) is 6.48. The Balaban J connectivity index is 2.59. The van der Waals surface area contributed by atoms with Gasteiger partial charge in [0.2, 0.25) is 0 Å². The van der Waals surface area contributed by atoms with Gasteiger partial charge in [-0.3, -0.25) is 4.79 Å². The quantitative estimate of drug-likeness (QED) is 0.718. The molecule has 0 aromatic heterocycles. The van der Waals surface area contributed by atoms with Gasteiger partial charge in [0.1, 0.15) is 0 Å². The van der Waals surface area contributed by atoms with Crippen molar-refractivity contribution in [1.82, 2.24) is 4.90 Å². The Morgan fingerprint density at radius 2 is 1.89 bits per heavy atom. The molecule has 2 heteroatoms. The second kappa shape index (κ2) is 7.12. The molecule has 1 rings (SSSR count). The number of hydrogen-bond donors (Lipinski definition) is 0. The van der Waals surface area contributed by atoms with Crippen LogP contribution in [0.4, 0.5) is 0 Å². The number of hydrogen-bond acceptors (Lipinski definition) is 2. The Bertz CT molecular complexity index is 404. The second-order valence-corrected chi connectivity index (χ2v) is 4.99. The number of carbonyl (C=O) groups is 1. The van der Waals surface area contributed by atoms with Crippen molar-refractivity contribution in [3.8, 4) is 0 Å². The number of benzene rings is 1. The lowest BCUT2D eigenvalue weighted by molar-refractivity contribution is -0.118. The van der Waals surface area contributed by atoms with E-state index in [4.69, 9.17) is 0 Å². The van der Waals surface area contributed by atoms with Crippen LogP contribution in [0.15, 0.2) is 30.3 Å². The van der Waals surface area contributed by atoms with E-state index in [-0.39, 0.29) is 11.7 Å². The summed E-state index contributed by atoms with van der Waals surface area (Å²) in [6, 6.07) is 8.32. The molecule has 0 bridgehead atoms. The zero-order valence-corrected chi connectivity index (χ0v) is 11.8. The lowest BCUT2D eigenvalue weighted by Crippen LogP contribution is -2.24. The summed E-state index contributed by atoms with van der Waals surface area (Å²) < 4.78 is 0. The van der Waals surface area contributed by atoms with Crippen LogP contribution in [0, 0.1) is 5.92 Å². The maximum absolute atomic E-state index is 11.9. The molecule has 0 unspecified atom stereocenters. The third-order valence-corrected chi connectivity index (χ3v) is 2.95. The summed E-state index contributed by atoms with van der Waals surface area (Å²) in [4.78, 5) is 13.9. The molecule has 0 aliphatic rings. The fraction of sp³-hybridized carbons (Fsp3) is 0.438. The smallest absolute Gasteiger partial charge is 0.159 e. The molecule has 0 aliphatic heterocycles. The predicted molar refractivity (Wildman–Crippen MR) is 77.6 cm³/mol. The monoisotopic (exact) mass is 245 g/mol. The van der Waals surface area contributed by atoms with Gasteiger partial charge in [-0.05, 0) is 37.7 Å². The van der Waals surface area contributed by atoms with Gasteiger partial charge in [-0.25, -0.2) is 0 Å². The van der Waals surface area contributed by atoms with Gasteiger partial charge < -0.3 is 4.90 Å². The molecule has 1 aromatic carbocycles. The molecule has 2 nitrogen and oxygen atoms in total. The Hall–Kier alpha value is -1.41. The third kappa shape index (κ3) is 4.84. The Kier molecular flexibility index (Phi) is 5.79. The summed E-state index contributed by atoms with van der Waals surface area (Å²) in [6.07, 6.45) is 4.63. The van der Waals surface area contributed by atoms with Crippen LogP contribution < -0.4 is 0 Å². The molecule has 18 heavy (non-hydrogen) atoms. The minimum Gasteiger partial charge on any atom is -0.309 e. The van der Waals surface area contributed by atoms with Gasteiger partial charge >= 0.3 is 0 Å². The van der Waals surface area contributed by atoms with Crippen LogP contribution in [-0.2, 0) is 11.2 Å². The Morgan fingerprint density at radius 1 is 1.28 bits per heavy atom. The topological polar surface area (TPSA) is 20.3 Å². The third-order valence-electron chi connectivity index (χ3n) is 2.95. The molecular formula is C16H23NO. The van der Waals surface area contributed by atoms with Gasteiger partial charge in [-0.1, -0.05) is 44.2 Å². The molecule has 1 atom stereocenters. The van der Waals surface area contributed by atoms with Crippen molar-refractivity contribution < 1.29 is 4.79 Å². The SMILES string of the molecule is CCc1ccc(/C=C/C(=O)[C@@H](C)CN(C)C)cc1. The van der Waals surface area contributed by atoms with Crippen molar-refractivity contribution in [3.05, 3.63) is 41.5 Å². The summed E-state index contributed by atoms with van der Waals surface area (Å²) in [6.45, 7) is 4.89. The average molecular weight is 245 g/mol. The van der Waals surface area contributed by atoms with Crippen molar-refractivity contribution in [2.24, 2.45) is 5.92 Å². The number of aryl methyl sites for hydroxylation is 1. The van der Waals surface area contributed by atoms with Gasteiger partial charge in [0, 0.05) is 12.5 Å². The van der Waals surface area contributed by atoms with Crippen LogP contribution >= 0.6 is 0 Å². The molecule has 0 aliphatic carbocycles. The van der Waals surface area contributed by atoms with E-state index in [0.29, 0.717) is 0 Å². The minimum atomic E-state index is 0.0474. The van der Waals surface area contributed by atoms with E-state index in [1.54, 1.807) is 6.08 Å².